The summed E-state index contributed by atoms with van der Waals surface area (Å²) in [6.45, 7) is 0. The molecule has 4 heavy (non-hydrogen) atoms. The van der Waals surface area contributed by atoms with E-state index in [-0.39, 0.29) is 54.6 Å². The zero-order chi connectivity index (χ0) is 0. The zero-order valence-electron chi connectivity index (χ0n) is 1.45. The van der Waals surface area contributed by atoms with Crippen LogP contribution in [0.5, 0.6) is 0 Å². The van der Waals surface area contributed by atoms with Crippen molar-refractivity contribution in [1.29, 1.82) is 0 Å². The van der Waals surface area contributed by atoms with Crippen LogP contribution < -0.4 is 0 Å². The minimum atomic E-state index is 0. The first kappa shape index (κ1) is 56.5. The molecule has 0 unspecified atom stereocenters. The molecule has 0 aromatic carbocycles. The van der Waals surface area contributed by atoms with E-state index in [4.69, 9.17) is 0 Å². The molecule has 1 nitrogen and oxygen atoms in total. The van der Waals surface area contributed by atoms with Crippen molar-refractivity contribution in [2.24, 2.45) is 0 Å². The molecule has 0 N–H and O–H groups in total. The van der Waals surface area contributed by atoms with Gasteiger partial charge in [-0.1, -0.05) is 0 Å². The Hall–Kier alpha value is 1.33. The first-order valence-corrected chi connectivity index (χ1v) is 0. The van der Waals surface area contributed by atoms with Crippen LogP contribution in [0.15, 0.2) is 0 Å². The van der Waals surface area contributed by atoms with Crippen LogP contribution in [0, 0.1) is 0 Å². The molecular weight excluding hydrogens is 204 g/mol. The van der Waals surface area contributed by atoms with E-state index in [2.05, 4.69) is 0 Å². The van der Waals surface area contributed by atoms with Crippen LogP contribution in [0.1, 0.15) is 0 Å². The molecule has 3 radical (unpaired) electrons. The van der Waals surface area contributed by atoms with Gasteiger partial charge in [0.05, 0.1) is 8.41 Å². The third-order valence-corrected chi connectivity index (χ3v) is 0. The number of hydrogen-bond donors (Lipinski definition) is 0. The molecule has 0 bridgehead atoms. The van der Waals surface area contributed by atoms with Gasteiger partial charge in [-0.3, -0.25) is 0 Å². The van der Waals surface area contributed by atoms with Crippen LogP contribution in [0.25, 0.3) is 0 Å². The van der Waals surface area contributed by atoms with Crippen molar-refractivity contribution in [3.8, 4) is 0 Å². The van der Waals surface area contributed by atoms with E-state index in [1.165, 1.54) is 0 Å². The van der Waals surface area contributed by atoms with Crippen LogP contribution in [0.2, 0.25) is 0 Å². The molecule has 0 aliphatic rings. The topological polar surface area (TPSA) is 28.5 Å². The molecule has 27 valence electrons. The molecule has 0 rings (SSSR count). The van der Waals surface area contributed by atoms with Crippen LogP contribution in [-0.4, -0.2) is 32.3 Å². The normalized spacial score (nSPS) is 0. The van der Waals surface area contributed by atoms with Gasteiger partial charge < -0.3 is 5.48 Å². The molecule has 0 saturated heterocycles. The third kappa shape index (κ3) is 10.2. The van der Waals surface area contributed by atoms with Gasteiger partial charge in [0.25, 0.3) is 0 Å². The number of hydrogen-bond acceptors (Lipinski definition) is 0. The predicted molar refractivity (Wildman–Crippen MR) is 19.2 cm³/mol. The predicted octanol–water partition coefficient (Wildman–Crippen LogP) is -2.22. The van der Waals surface area contributed by atoms with Crippen molar-refractivity contribution in [3.63, 3.8) is 0 Å². The summed E-state index contributed by atoms with van der Waals surface area (Å²) >= 11 is 0. The van der Waals surface area contributed by atoms with E-state index in [0.717, 1.165) is 0 Å². The molecular formula is H5BCoOSn. The monoisotopic (exact) mass is 211 g/mol. The second-order valence-corrected chi connectivity index (χ2v) is 0. The summed E-state index contributed by atoms with van der Waals surface area (Å²) in [4.78, 5) is 0. The molecule has 0 aliphatic heterocycles. The quantitative estimate of drug-likeness (QED) is 0.405. The summed E-state index contributed by atoms with van der Waals surface area (Å²) in [5.74, 6) is 0. The molecule has 0 saturated carbocycles. The molecule has 0 atom stereocenters. The van der Waals surface area contributed by atoms with Crippen LogP contribution >= 0.6 is 0 Å². The van der Waals surface area contributed by atoms with Gasteiger partial charge in [0.1, 0.15) is 0 Å². The Morgan fingerprint density at radius 2 is 1.00 bits per heavy atom. The second-order valence-electron chi connectivity index (χ2n) is 0. The van der Waals surface area contributed by atoms with Crippen molar-refractivity contribution < 1.29 is 22.3 Å². The molecule has 0 fully saturated rings. The molecule has 0 aromatic heterocycles. The first-order chi connectivity index (χ1) is 0. The summed E-state index contributed by atoms with van der Waals surface area (Å²) in [5, 5.41) is 0. The molecule has 4 heteroatoms. The Morgan fingerprint density at radius 3 is 1.00 bits per heavy atom. The maximum atomic E-state index is 0. The Labute approximate surface area is 54.6 Å². The second kappa shape index (κ2) is 27.1. The summed E-state index contributed by atoms with van der Waals surface area (Å²) in [5.41, 5.74) is 0. The molecule has 0 heterocycles. The van der Waals surface area contributed by atoms with Crippen molar-refractivity contribution in [2.45, 2.75) is 0 Å². The van der Waals surface area contributed by atoms with Crippen LogP contribution in [-0.2, 0) is 22.3 Å². The fourth-order valence-corrected chi connectivity index (χ4v) is 0. The fourth-order valence-electron chi connectivity index (χ4n) is 0. The summed E-state index contributed by atoms with van der Waals surface area (Å²) in [7, 11) is 0. The van der Waals surface area contributed by atoms with E-state index in [1.807, 2.05) is 0 Å². The fraction of sp³-hybridized carbons (Fsp3) is 0. The van der Waals surface area contributed by atoms with Gasteiger partial charge in [0.2, 0.25) is 0 Å². The Balaban J connectivity index is 0. The Bertz CT molecular complexity index is 8.00. The molecule has 0 amide bonds. The Morgan fingerprint density at radius 1 is 1.00 bits per heavy atom. The van der Waals surface area contributed by atoms with Gasteiger partial charge in [0.15, 0.2) is 0 Å². The van der Waals surface area contributed by atoms with Crippen molar-refractivity contribution in [1.82, 2.24) is 0 Å². The first-order valence-electron chi connectivity index (χ1n) is 0. The van der Waals surface area contributed by atoms with Crippen molar-refractivity contribution >= 4 is 32.3 Å². The number of rotatable bonds is 0. The van der Waals surface area contributed by atoms with E-state index < -0.39 is 0 Å². The third-order valence-electron chi connectivity index (χ3n) is 0. The van der Waals surface area contributed by atoms with E-state index in [9.17, 15) is 0 Å². The molecule has 0 aliphatic carbocycles. The van der Waals surface area contributed by atoms with Crippen LogP contribution in [0.3, 0.4) is 0 Å². The minimum absolute atomic E-state index is 0. The van der Waals surface area contributed by atoms with E-state index >= 15 is 0 Å². The van der Waals surface area contributed by atoms with Crippen LogP contribution in [0.4, 0.5) is 0 Å². The summed E-state index contributed by atoms with van der Waals surface area (Å²) in [6.07, 6.45) is 0. The molecule has 0 aromatic rings. The van der Waals surface area contributed by atoms with Gasteiger partial charge >= 0.3 is 40.7 Å². The SMILES string of the molecule is B.[Co+2].[O-2].[SnH2]. The van der Waals surface area contributed by atoms with Gasteiger partial charge in [-0.2, -0.15) is 0 Å². The average Bonchev–Trinajstić information content (AvgIpc) is 0. The van der Waals surface area contributed by atoms with Gasteiger partial charge in [-0.25, -0.2) is 0 Å². The van der Waals surface area contributed by atoms with Crippen molar-refractivity contribution in [2.75, 3.05) is 0 Å². The molecule has 0 spiro atoms. The maximum absolute atomic E-state index is 0. The van der Waals surface area contributed by atoms with Gasteiger partial charge in [-0.15, -0.1) is 0 Å². The summed E-state index contributed by atoms with van der Waals surface area (Å²) in [6, 6.07) is 0. The van der Waals surface area contributed by atoms with E-state index in [1.54, 1.807) is 0 Å². The standard InChI is InChI=1S/BH3.Co.O.Sn.2H/h1H3;;;;;/q;+2;-2;;;. The average molecular weight is 209 g/mol. The van der Waals surface area contributed by atoms with Gasteiger partial charge in [0, 0.05) is 0 Å². The van der Waals surface area contributed by atoms with E-state index in [0.29, 0.717) is 0 Å². The van der Waals surface area contributed by atoms with Gasteiger partial charge in [-0.05, 0) is 0 Å². The summed E-state index contributed by atoms with van der Waals surface area (Å²) < 4.78 is 0. The van der Waals surface area contributed by atoms with Crippen molar-refractivity contribution in [3.05, 3.63) is 0 Å². The zero-order valence-corrected chi connectivity index (χ0v) is 6.53. The Kier molecular flexibility index (Phi) is 383.